The van der Waals surface area contributed by atoms with E-state index in [1.165, 1.54) is 5.56 Å². The summed E-state index contributed by atoms with van der Waals surface area (Å²) in [5.41, 5.74) is 2.33. The summed E-state index contributed by atoms with van der Waals surface area (Å²) in [5.74, 6) is 0.943. The number of benzene rings is 2. The minimum atomic E-state index is 0.359. The van der Waals surface area contributed by atoms with Crippen LogP contribution in [0, 0.1) is 0 Å². The smallest absolute Gasteiger partial charge is 0.123 e. The number of likely N-dealkylation sites (N-methyl/N-ethyl adjacent to an activating group) is 2. The second-order valence-corrected chi connectivity index (χ2v) is 9.39. The summed E-state index contributed by atoms with van der Waals surface area (Å²) in [6.45, 7) is 16.8. The van der Waals surface area contributed by atoms with E-state index in [1.54, 1.807) is 0 Å². The van der Waals surface area contributed by atoms with Crippen molar-refractivity contribution < 1.29 is 4.74 Å². The summed E-state index contributed by atoms with van der Waals surface area (Å²) in [6, 6.07) is 14.5. The van der Waals surface area contributed by atoms with Crippen LogP contribution in [0.4, 0.5) is 0 Å². The Kier molecular flexibility index (Phi) is 12.7. The van der Waals surface area contributed by atoms with Crippen LogP contribution in [-0.2, 0) is 13.0 Å². The van der Waals surface area contributed by atoms with Gasteiger partial charge in [-0.25, -0.2) is 0 Å². The number of nitrogens with zero attached hydrogens (tertiary/aromatic N) is 2. The summed E-state index contributed by atoms with van der Waals surface area (Å²) in [5, 5.41) is 4.57. The van der Waals surface area contributed by atoms with Crippen LogP contribution in [0.1, 0.15) is 38.8 Å². The van der Waals surface area contributed by atoms with E-state index in [0.717, 1.165) is 73.0 Å². The van der Waals surface area contributed by atoms with Gasteiger partial charge in [-0.2, -0.15) is 0 Å². The van der Waals surface area contributed by atoms with E-state index >= 15 is 0 Å². The molecule has 0 aliphatic rings. The van der Waals surface area contributed by atoms with Crippen LogP contribution in [0.5, 0.6) is 5.75 Å². The van der Waals surface area contributed by atoms with Gasteiger partial charge in [0.05, 0.1) is 0 Å². The lowest BCUT2D eigenvalue weighted by Crippen LogP contribution is -2.45. The van der Waals surface area contributed by atoms with Gasteiger partial charge in [-0.05, 0) is 74.1 Å². The van der Waals surface area contributed by atoms with Gasteiger partial charge in [-0.15, -0.1) is 0 Å². The first-order valence-electron chi connectivity index (χ1n) is 11.8. The third-order valence-electron chi connectivity index (χ3n) is 5.92. The summed E-state index contributed by atoms with van der Waals surface area (Å²) in [4.78, 5) is 4.95. The van der Waals surface area contributed by atoms with Crippen molar-refractivity contribution in [3.05, 3.63) is 63.1 Å². The van der Waals surface area contributed by atoms with Crippen molar-refractivity contribution in [3.8, 4) is 5.75 Å². The SMILES string of the molecule is CCN(CC)CCNC(Cc1cc(Br)ccc1OCc1ccc(Cl)cc1)CN(CC)CC. The van der Waals surface area contributed by atoms with Crippen LogP contribution in [0.3, 0.4) is 0 Å². The molecule has 4 nitrogen and oxygen atoms in total. The van der Waals surface area contributed by atoms with Crippen LogP contribution in [0.15, 0.2) is 46.9 Å². The molecule has 0 saturated carbocycles. The standard InChI is InChI=1S/C26H39BrClN3O/c1-5-30(6-2)16-15-29-25(19-31(7-3)8-4)18-22-17-23(27)11-14-26(22)32-20-21-9-12-24(28)13-10-21/h9-14,17,25,29H,5-8,15-16,18-20H2,1-4H3. The molecule has 1 unspecified atom stereocenters. The molecule has 0 aromatic heterocycles. The van der Waals surface area contributed by atoms with Gasteiger partial charge in [0.2, 0.25) is 0 Å². The molecule has 178 valence electrons. The molecular weight excluding hydrogens is 486 g/mol. The predicted octanol–water partition coefficient (Wildman–Crippen LogP) is 5.87. The second kappa shape index (κ2) is 14.9. The molecular formula is C26H39BrClN3O. The van der Waals surface area contributed by atoms with Crippen LogP contribution in [0.25, 0.3) is 0 Å². The molecule has 0 fully saturated rings. The Morgan fingerprint density at radius 3 is 2.22 bits per heavy atom. The Morgan fingerprint density at radius 2 is 1.59 bits per heavy atom. The van der Waals surface area contributed by atoms with E-state index in [0.29, 0.717) is 12.6 Å². The predicted molar refractivity (Wildman–Crippen MR) is 141 cm³/mol. The average molecular weight is 525 g/mol. The lowest BCUT2D eigenvalue weighted by molar-refractivity contribution is 0.247. The van der Waals surface area contributed by atoms with Gasteiger partial charge in [0, 0.05) is 35.2 Å². The molecule has 0 aliphatic heterocycles. The van der Waals surface area contributed by atoms with Gasteiger partial charge < -0.3 is 19.9 Å². The first-order valence-corrected chi connectivity index (χ1v) is 13.0. The zero-order valence-corrected chi connectivity index (χ0v) is 22.4. The lowest BCUT2D eigenvalue weighted by atomic mass is 10.0. The minimum absolute atomic E-state index is 0.359. The largest absolute Gasteiger partial charge is 0.489 e. The quantitative estimate of drug-likeness (QED) is 0.315. The molecule has 2 aromatic carbocycles. The highest BCUT2D eigenvalue weighted by atomic mass is 79.9. The number of rotatable bonds is 15. The van der Waals surface area contributed by atoms with Crippen LogP contribution < -0.4 is 10.1 Å². The van der Waals surface area contributed by atoms with Gasteiger partial charge in [-0.1, -0.05) is 67.4 Å². The zero-order valence-electron chi connectivity index (χ0n) is 20.0. The molecule has 1 atom stereocenters. The van der Waals surface area contributed by atoms with Crippen molar-refractivity contribution in [1.29, 1.82) is 0 Å². The molecule has 0 radical (unpaired) electrons. The molecule has 0 heterocycles. The first kappa shape index (κ1) is 27.1. The molecule has 32 heavy (non-hydrogen) atoms. The first-order chi connectivity index (χ1) is 15.5. The molecule has 0 saturated heterocycles. The Bertz CT molecular complexity index is 779. The van der Waals surface area contributed by atoms with Crippen molar-refractivity contribution >= 4 is 27.5 Å². The van der Waals surface area contributed by atoms with E-state index in [4.69, 9.17) is 16.3 Å². The molecule has 0 amide bonds. The number of halogens is 2. The normalized spacial score (nSPS) is 12.5. The molecule has 1 N–H and O–H groups in total. The van der Waals surface area contributed by atoms with Crippen LogP contribution in [0.2, 0.25) is 5.02 Å². The van der Waals surface area contributed by atoms with E-state index < -0.39 is 0 Å². The Hall–Kier alpha value is -1.11. The number of hydrogen-bond acceptors (Lipinski definition) is 4. The fourth-order valence-corrected chi connectivity index (χ4v) is 4.35. The van der Waals surface area contributed by atoms with Crippen molar-refractivity contribution in [2.45, 2.75) is 46.8 Å². The zero-order chi connectivity index (χ0) is 23.3. The topological polar surface area (TPSA) is 27.7 Å². The highest BCUT2D eigenvalue weighted by Crippen LogP contribution is 2.26. The summed E-state index contributed by atoms with van der Waals surface area (Å²) in [7, 11) is 0. The number of nitrogens with one attached hydrogen (secondary N) is 1. The summed E-state index contributed by atoms with van der Waals surface area (Å²) in [6.07, 6.45) is 0.921. The molecule has 0 bridgehead atoms. The van der Waals surface area contributed by atoms with Crippen molar-refractivity contribution in [1.82, 2.24) is 15.1 Å². The summed E-state index contributed by atoms with van der Waals surface area (Å²) < 4.78 is 7.32. The highest BCUT2D eigenvalue weighted by molar-refractivity contribution is 9.10. The van der Waals surface area contributed by atoms with Gasteiger partial charge >= 0.3 is 0 Å². The fourth-order valence-electron chi connectivity index (χ4n) is 3.82. The van der Waals surface area contributed by atoms with E-state index in [2.05, 4.69) is 70.9 Å². The Balaban J connectivity index is 2.11. The van der Waals surface area contributed by atoms with Crippen LogP contribution in [-0.4, -0.2) is 61.7 Å². The van der Waals surface area contributed by atoms with E-state index in [9.17, 15) is 0 Å². The number of ether oxygens (including phenoxy) is 1. The molecule has 0 spiro atoms. The van der Waals surface area contributed by atoms with Crippen molar-refractivity contribution in [2.75, 3.05) is 45.8 Å². The lowest BCUT2D eigenvalue weighted by Gasteiger charge is -2.28. The molecule has 0 aliphatic carbocycles. The Morgan fingerprint density at radius 1 is 0.938 bits per heavy atom. The van der Waals surface area contributed by atoms with E-state index in [-0.39, 0.29) is 0 Å². The van der Waals surface area contributed by atoms with Crippen LogP contribution >= 0.6 is 27.5 Å². The fraction of sp³-hybridized carbons (Fsp3) is 0.538. The second-order valence-electron chi connectivity index (χ2n) is 8.04. The third kappa shape index (κ3) is 9.40. The highest BCUT2D eigenvalue weighted by Gasteiger charge is 2.16. The maximum absolute atomic E-state index is 6.24. The Labute approximate surface area is 208 Å². The maximum Gasteiger partial charge on any atom is 0.123 e. The number of hydrogen-bond donors (Lipinski definition) is 1. The summed E-state index contributed by atoms with van der Waals surface area (Å²) >= 11 is 9.66. The molecule has 6 heteroatoms. The van der Waals surface area contributed by atoms with Gasteiger partial charge in [0.25, 0.3) is 0 Å². The van der Waals surface area contributed by atoms with Gasteiger partial charge in [0.15, 0.2) is 0 Å². The molecule has 2 aromatic rings. The van der Waals surface area contributed by atoms with Gasteiger partial charge in [-0.3, -0.25) is 0 Å². The van der Waals surface area contributed by atoms with Crippen molar-refractivity contribution in [3.63, 3.8) is 0 Å². The van der Waals surface area contributed by atoms with Crippen molar-refractivity contribution in [2.24, 2.45) is 0 Å². The average Bonchev–Trinajstić information content (AvgIpc) is 2.80. The monoisotopic (exact) mass is 523 g/mol. The maximum atomic E-state index is 6.24. The third-order valence-corrected chi connectivity index (χ3v) is 6.67. The molecule has 2 rings (SSSR count). The van der Waals surface area contributed by atoms with E-state index in [1.807, 2.05) is 30.3 Å². The minimum Gasteiger partial charge on any atom is -0.489 e. The van der Waals surface area contributed by atoms with Gasteiger partial charge in [0.1, 0.15) is 12.4 Å².